The maximum Gasteiger partial charge on any atom is 0.240 e. The third-order valence-electron chi connectivity index (χ3n) is 3.54. The number of hydrogen-bond donors (Lipinski definition) is 2. The van der Waals surface area contributed by atoms with Crippen molar-refractivity contribution < 1.29 is 14.3 Å². The van der Waals surface area contributed by atoms with Crippen LogP contribution >= 0.6 is 11.6 Å². The first-order valence-corrected chi connectivity index (χ1v) is 7.82. The van der Waals surface area contributed by atoms with E-state index in [1.54, 1.807) is 18.2 Å². The van der Waals surface area contributed by atoms with E-state index in [1.807, 2.05) is 30.3 Å². The number of carbonyl (C=O) groups excluding carboxylic acids is 2. The van der Waals surface area contributed by atoms with E-state index in [9.17, 15) is 9.59 Å². The van der Waals surface area contributed by atoms with Gasteiger partial charge in [0.15, 0.2) is 0 Å². The molecule has 2 aromatic carbocycles. The highest BCUT2D eigenvalue weighted by Gasteiger charge is 2.19. The van der Waals surface area contributed by atoms with Gasteiger partial charge in [-0.2, -0.15) is 0 Å². The number of benzene rings is 2. The molecular weight excluding hydrogens is 328 g/mol. The predicted octanol–water partition coefficient (Wildman–Crippen LogP) is 2.10. The molecule has 0 fully saturated rings. The summed E-state index contributed by atoms with van der Waals surface area (Å²) in [6.07, 6.45) is 0.452. The molecule has 0 aromatic heterocycles. The molecular formula is C18H19ClN2O3. The number of rotatable bonds is 7. The molecule has 0 spiro atoms. The van der Waals surface area contributed by atoms with Crippen LogP contribution in [-0.4, -0.2) is 25.0 Å². The van der Waals surface area contributed by atoms with Crippen LogP contribution in [0.3, 0.4) is 0 Å². The minimum atomic E-state index is -0.800. The molecule has 0 saturated carbocycles. The predicted molar refractivity (Wildman–Crippen MR) is 93.0 cm³/mol. The molecule has 126 valence electrons. The largest absolute Gasteiger partial charge is 0.495 e. The van der Waals surface area contributed by atoms with Crippen LogP contribution in [0, 0.1) is 0 Å². The van der Waals surface area contributed by atoms with Gasteiger partial charge < -0.3 is 15.8 Å². The summed E-state index contributed by atoms with van der Waals surface area (Å²) in [4.78, 5) is 23.8. The molecule has 0 bridgehead atoms. The summed E-state index contributed by atoms with van der Waals surface area (Å²) < 4.78 is 5.09. The van der Waals surface area contributed by atoms with Crippen molar-refractivity contribution in [1.82, 2.24) is 5.32 Å². The lowest BCUT2D eigenvalue weighted by molar-refractivity contribution is -0.127. The summed E-state index contributed by atoms with van der Waals surface area (Å²) in [6.45, 7) is 0. The molecule has 0 aliphatic carbocycles. The topological polar surface area (TPSA) is 81.4 Å². The van der Waals surface area contributed by atoms with Crippen LogP contribution in [0.1, 0.15) is 11.1 Å². The van der Waals surface area contributed by atoms with Crippen LogP contribution in [0.25, 0.3) is 0 Å². The Kier molecular flexibility index (Phi) is 6.21. The fraction of sp³-hybridized carbons (Fsp3) is 0.222. The lowest BCUT2D eigenvalue weighted by Gasteiger charge is -2.16. The lowest BCUT2D eigenvalue weighted by Crippen LogP contribution is -2.46. The molecule has 0 radical (unpaired) electrons. The van der Waals surface area contributed by atoms with Crippen molar-refractivity contribution in [2.24, 2.45) is 5.73 Å². The van der Waals surface area contributed by atoms with Crippen molar-refractivity contribution in [2.45, 2.75) is 18.9 Å². The minimum Gasteiger partial charge on any atom is -0.495 e. The summed E-state index contributed by atoms with van der Waals surface area (Å²) in [6, 6.07) is 13.7. The van der Waals surface area contributed by atoms with E-state index >= 15 is 0 Å². The Morgan fingerprint density at radius 3 is 2.46 bits per heavy atom. The maximum absolute atomic E-state index is 12.1. The molecule has 2 aromatic rings. The van der Waals surface area contributed by atoms with Gasteiger partial charge in [0.25, 0.3) is 0 Å². The molecule has 1 atom stereocenters. The third-order valence-corrected chi connectivity index (χ3v) is 3.84. The molecule has 0 aliphatic heterocycles. The molecule has 0 unspecified atom stereocenters. The summed E-state index contributed by atoms with van der Waals surface area (Å²) in [7, 11) is 1.52. The molecule has 6 heteroatoms. The monoisotopic (exact) mass is 346 g/mol. The number of primary amides is 1. The van der Waals surface area contributed by atoms with Crippen LogP contribution in [-0.2, 0) is 22.4 Å². The van der Waals surface area contributed by atoms with Gasteiger partial charge >= 0.3 is 0 Å². The highest BCUT2D eigenvalue weighted by atomic mass is 35.5. The van der Waals surface area contributed by atoms with Gasteiger partial charge in [-0.1, -0.05) is 48.0 Å². The van der Waals surface area contributed by atoms with E-state index in [2.05, 4.69) is 5.32 Å². The van der Waals surface area contributed by atoms with E-state index in [4.69, 9.17) is 22.1 Å². The molecule has 3 N–H and O–H groups in total. The Morgan fingerprint density at radius 2 is 1.88 bits per heavy atom. The summed E-state index contributed by atoms with van der Waals surface area (Å²) in [5.74, 6) is -0.308. The number of carbonyl (C=O) groups is 2. The number of ether oxygens (including phenoxy) is 1. The van der Waals surface area contributed by atoms with Crippen molar-refractivity contribution in [1.29, 1.82) is 0 Å². The Morgan fingerprint density at radius 1 is 1.17 bits per heavy atom. The fourth-order valence-corrected chi connectivity index (χ4v) is 2.60. The van der Waals surface area contributed by atoms with Gasteiger partial charge in [0.05, 0.1) is 18.6 Å². The number of nitrogens with one attached hydrogen (secondary N) is 1. The van der Waals surface area contributed by atoms with Crippen LogP contribution < -0.4 is 15.8 Å². The van der Waals surface area contributed by atoms with Gasteiger partial charge in [0, 0.05) is 6.42 Å². The van der Waals surface area contributed by atoms with E-state index in [1.165, 1.54) is 7.11 Å². The molecule has 2 rings (SSSR count). The summed E-state index contributed by atoms with van der Waals surface area (Å²) >= 11 is 6.08. The Balaban J connectivity index is 2.03. The van der Waals surface area contributed by atoms with Crippen LogP contribution in [0.5, 0.6) is 5.75 Å². The Labute approximate surface area is 145 Å². The maximum atomic E-state index is 12.1. The SMILES string of the molecule is COc1ccc(C[C@@H](NC(=O)Cc2ccccc2)C(N)=O)cc1Cl. The zero-order valence-electron chi connectivity index (χ0n) is 13.3. The number of halogens is 1. The second-order valence-electron chi connectivity index (χ2n) is 5.36. The van der Waals surface area contributed by atoms with Crippen molar-refractivity contribution in [3.8, 4) is 5.75 Å². The second-order valence-corrected chi connectivity index (χ2v) is 5.77. The summed E-state index contributed by atoms with van der Waals surface area (Å²) in [5.41, 5.74) is 7.06. The van der Waals surface area contributed by atoms with Crippen molar-refractivity contribution in [2.75, 3.05) is 7.11 Å². The first-order chi connectivity index (χ1) is 11.5. The van der Waals surface area contributed by atoms with Crippen molar-refractivity contribution in [3.63, 3.8) is 0 Å². The summed E-state index contributed by atoms with van der Waals surface area (Å²) in [5, 5.41) is 3.11. The molecule has 2 amide bonds. The van der Waals surface area contributed by atoms with Gasteiger partial charge in [-0.3, -0.25) is 9.59 Å². The van der Waals surface area contributed by atoms with Gasteiger partial charge in [-0.25, -0.2) is 0 Å². The Hall–Kier alpha value is -2.53. The minimum absolute atomic E-state index is 0.188. The van der Waals surface area contributed by atoms with Crippen molar-refractivity contribution in [3.05, 3.63) is 64.7 Å². The lowest BCUT2D eigenvalue weighted by atomic mass is 10.0. The molecule has 24 heavy (non-hydrogen) atoms. The van der Waals surface area contributed by atoms with Crippen LogP contribution in [0.4, 0.5) is 0 Å². The van der Waals surface area contributed by atoms with Crippen LogP contribution in [0.2, 0.25) is 5.02 Å². The number of nitrogens with two attached hydrogens (primary N) is 1. The quantitative estimate of drug-likeness (QED) is 0.805. The highest BCUT2D eigenvalue weighted by Crippen LogP contribution is 2.25. The standard InChI is InChI=1S/C18H19ClN2O3/c1-24-16-8-7-13(9-14(16)19)10-15(18(20)23)21-17(22)11-12-5-3-2-4-6-12/h2-9,15H,10-11H2,1H3,(H2,20,23)(H,21,22)/t15-/m1/s1. The van der Waals surface area contributed by atoms with E-state index in [-0.39, 0.29) is 18.7 Å². The van der Waals surface area contributed by atoms with Crippen LogP contribution in [0.15, 0.2) is 48.5 Å². The molecule has 0 saturated heterocycles. The second kappa shape index (κ2) is 8.36. The fourth-order valence-electron chi connectivity index (χ4n) is 2.32. The Bertz CT molecular complexity index is 719. The highest BCUT2D eigenvalue weighted by molar-refractivity contribution is 6.32. The van der Waals surface area contributed by atoms with E-state index in [0.717, 1.165) is 11.1 Å². The average molecular weight is 347 g/mol. The average Bonchev–Trinajstić information content (AvgIpc) is 2.55. The van der Waals surface area contributed by atoms with Crippen molar-refractivity contribution >= 4 is 23.4 Å². The normalized spacial score (nSPS) is 11.6. The van der Waals surface area contributed by atoms with E-state index < -0.39 is 11.9 Å². The number of amides is 2. The van der Waals surface area contributed by atoms with Gasteiger partial charge in [0.1, 0.15) is 11.8 Å². The molecule has 0 aliphatic rings. The third kappa shape index (κ3) is 4.99. The number of hydrogen-bond acceptors (Lipinski definition) is 3. The zero-order valence-corrected chi connectivity index (χ0v) is 14.0. The first kappa shape index (κ1) is 17.8. The smallest absolute Gasteiger partial charge is 0.240 e. The molecule has 5 nitrogen and oxygen atoms in total. The number of methoxy groups -OCH3 is 1. The first-order valence-electron chi connectivity index (χ1n) is 7.44. The molecule has 0 heterocycles. The van der Waals surface area contributed by atoms with Gasteiger partial charge in [0.2, 0.25) is 11.8 Å². The van der Waals surface area contributed by atoms with E-state index in [0.29, 0.717) is 10.8 Å². The van der Waals surface area contributed by atoms with Gasteiger partial charge in [-0.15, -0.1) is 0 Å². The van der Waals surface area contributed by atoms with Gasteiger partial charge in [-0.05, 0) is 23.3 Å². The zero-order chi connectivity index (χ0) is 17.5.